The molecule has 1 heterocycles. The van der Waals surface area contributed by atoms with Crippen LogP contribution < -0.4 is 0 Å². The molecule has 2 nitrogen and oxygen atoms in total. The van der Waals surface area contributed by atoms with E-state index >= 15 is 0 Å². The fourth-order valence-corrected chi connectivity index (χ4v) is 4.74. The van der Waals surface area contributed by atoms with Crippen LogP contribution in [0, 0.1) is 11.3 Å². The molecular weight excluding hydrogens is 340 g/mol. The minimum atomic E-state index is 0.117. The minimum absolute atomic E-state index is 0.117. The molecule has 4 rings (SSSR count). The van der Waals surface area contributed by atoms with Crippen molar-refractivity contribution < 1.29 is 0 Å². The van der Waals surface area contributed by atoms with Crippen LogP contribution >= 0.6 is 0 Å². The van der Waals surface area contributed by atoms with E-state index in [2.05, 4.69) is 86.6 Å². The highest BCUT2D eigenvalue weighted by molar-refractivity contribution is 6.06. The molecule has 0 saturated heterocycles. The molecule has 2 aliphatic carbocycles. The van der Waals surface area contributed by atoms with Gasteiger partial charge in [0.2, 0.25) is 0 Å². The minimum Gasteiger partial charge on any atom is -0.309 e. The molecule has 0 radical (unpaired) electrons. The van der Waals surface area contributed by atoms with E-state index in [1.807, 2.05) is 0 Å². The van der Waals surface area contributed by atoms with Crippen LogP contribution in [0.15, 0.2) is 76.9 Å². The van der Waals surface area contributed by atoms with Crippen LogP contribution in [-0.2, 0) is 12.8 Å². The molecule has 2 unspecified atom stereocenters. The molecule has 0 bridgehead atoms. The first-order valence-electron chi connectivity index (χ1n) is 10.6. The number of rotatable bonds is 7. The van der Waals surface area contributed by atoms with Crippen LogP contribution in [0.1, 0.15) is 30.9 Å². The molecule has 28 heavy (non-hydrogen) atoms. The number of allylic oxidation sites excluding steroid dienone is 7. The Bertz CT molecular complexity index is 881. The maximum Gasteiger partial charge on any atom is 0.0496 e. The van der Waals surface area contributed by atoms with Crippen molar-refractivity contribution in [3.05, 3.63) is 83.0 Å². The van der Waals surface area contributed by atoms with E-state index in [-0.39, 0.29) is 5.41 Å². The lowest BCUT2D eigenvalue weighted by molar-refractivity contribution is 0.398. The van der Waals surface area contributed by atoms with Gasteiger partial charge in [0.05, 0.1) is 0 Å². The van der Waals surface area contributed by atoms with Gasteiger partial charge in [-0.1, -0.05) is 67.6 Å². The molecule has 0 spiro atoms. The van der Waals surface area contributed by atoms with E-state index in [9.17, 15) is 0 Å². The van der Waals surface area contributed by atoms with E-state index in [0.717, 1.165) is 32.4 Å². The van der Waals surface area contributed by atoms with Gasteiger partial charge in [-0.15, -0.1) is 0 Å². The van der Waals surface area contributed by atoms with Gasteiger partial charge < -0.3 is 4.90 Å². The zero-order chi connectivity index (χ0) is 19.6. The number of aryl methyl sites for hydroxylation is 1. The van der Waals surface area contributed by atoms with Crippen LogP contribution in [-0.4, -0.2) is 37.8 Å². The molecule has 0 saturated carbocycles. The third kappa shape index (κ3) is 3.84. The van der Waals surface area contributed by atoms with Gasteiger partial charge in [0.25, 0.3) is 0 Å². The highest BCUT2D eigenvalue weighted by atomic mass is 15.0. The molecule has 146 valence electrons. The van der Waals surface area contributed by atoms with Crippen LogP contribution in [0.2, 0.25) is 0 Å². The number of nitrogens with zero attached hydrogens (tertiary/aromatic N) is 2. The van der Waals surface area contributed by atoms with Gasteiger partial charge in [0.15, 0.2) is 0 Å². The maximum absolute atomic E-state index is 5.04. The molecule has 1 aliphatic heterocycles. The number of hydrogen-bond donors (Lipinski definition) is 0. The lowest BCUT2D eigenvalue weighted by Crippen LogP contribution is -2.32. The Kier molecular flexibility index (Phi) is 5.50. The highest BCUT2D eigenvalue weighted by Gasteiger charge is 2.44. The smallest absolute Gasteiger partial charge is 0.0496 e. The average Bonchev–Trinajstić information content (AvgIpc) is 3.32. The lowest BCUT2D eigenvalue weighted by Gasteiger charge is -2.32. The Morgan fingerprint density at radius 1 is 1.21 bits per heavy atom. The van der Waals surface area contributed by atoms with Gasteiger partial charge in [-0.2, -0.15) is 0 Å². The van der Waals surface area contributed by atoms with Crippen molar-refractivity contribution in [3.8, 4) is 0 Å². The van der Waals surface area contributed by atoms with E-state index in [0.29, 0.717) is 5.92 Å². The third-order valence-electron chi connectivity index (χ3n) is 6.38. The average molecular weight is 373 g/mol. The standard InChI is InChI=1S/C26H32N2/c1-26(23-13-4-5-14-23)19-27-25-22(12-7-15-24(25)26)18-21-10-6-9-20(17-21)11-8-16-28(2)3/h4,6-7,9-10,12-15,17,24H,5,8,11,16,18-19H2,1-3H3. The summed E-state index contributed by atoms with van der Waals surface area (Å²) < 4.78 is 0. The van der Waals surface area contributed by atoms with Crippen molar-refractivity contribution in [2.45, 2.75) is 32.6 Å². The molecular formula is C26H32N2. The Hall–Kier alpha value is -2.19. The molecule has 3 aliphatic rings. The normalized spacial score (nSPS) is 25.7. The van der Waals surface area contributed by atoms with Crippen LogP contribution in [0.25, 0.3) is 0 Å². The molecule has 2 atom stereocenters. The fraction of sp³-hybridized carbons (Fsp3) is 0.423. The molecule has 1 aromatic rings. The molecule has 0 amide bonds. The highest BCUT2D eigenvalue weighted by Crippen LogP contribution is 2.46. The second kappa shape index (κ2) is 8.05. The van der Waals surface area contributed by atoms with Crippen molar-refractivity contribution >= 4 is 5.71 Å². The monoisotopic (exact) mass is 372 g/mol. The number of benzene rings is 1. The first kappa shape index (κ1) is 19.1. The van der Waals surface area contributed by atoms with Gasteiger partial charge in [-0.05, 0) is 68.6 Å². The summed E-state index contributed by atoms with van der Waals surface area (Å²) in [5.74, 6) is 0.407. The lowest BCUT2D eigenvalue weighted by atomic mass is 9.69. The largest absolute Gasteiger partial charge is 0.309 e. The number of hydrogen-bond acceptors (Lipinski definition) is 2. The summed E-state index contributed by atoms with van der Waals surface area (Å²) in [5.41, 5.74) is 7.13. The number of fused-ring (bicyclic) bond motifs is 1. The Labute approximate surface area is 170 Å². The van der Waals surface area contributed by atoms with E-state index in [1.165, 1.54) is 34.4 Å². The van der Waals surface area contributed by atoms with Crippen molar-refractivity contribution in [1.82, 2.24) is 4.90 Å². The molecule has 0 fully saturated rings. The zero-order valence-corrected chi connectivity index (χ0v) is 17.5. The quantitative estimate of drug-likeness (QED) is 0.644. The summed E-state index contributed by atoms with van der Waals surface area (Å²) in [7, 11) is 4.28. The number of aliphatic imine (C=N–C) groups is 1. The predicted octanol–water partition coefficient (Wildman–Crippen LogP) is 5.18. The Morgan fingerprint density at radius 2 is 2.07 bits per heavy atom. The van der Waals surface area contributed by atoms with E-state index in [1.54, 1.807) is 0 Å². The van der Waals surface area contributed by atoms with Crippen LogP contribution in [0.5, 0.6) is 0 Å². The summed E-state index contributed by atoms with van der Waals surface area (Å²) in [6.45, 7) is 4.42. The van der Waals surface area contributed by atoms with Gasteiger partial charge in [0.1, 0.15) is 0 Å². The van der Waals surface area contributed by atoms with Crippen molar-refractivity contribution in [1.29, 1.82) is 0 Å². The summed E-state index contributed by atoms with van der Waals surface area (Å²) >= 11 is 0. The van der Waals surface area contributed by atoms with Gasteiger partial charge in [0, 0.05) is 23.6 Å². The van der Waals surface area contributed by atoms with Crippen molar-refractivity contribution in [2.24, 2.45) is 16.3 Å². The first-order chi connectivity index (χ1) is 13.6. The Morgan fingerprint density at radius 3 is 2.86 bits per heavy atom. The van der Waals surface area contributed by atoms with Gasteiger partial charge in [-0.25, -0.2) is 0 Å². The topological polar surface area (TPSA) is 15.6 Å². The van der Waals surface area contributed by atoms with Gasteiger partial charge in [-0.3, -0.25) is 4.99 Å². The van der Waals surface area contributed by atoms with Crippen LogP contribution in [0.4, 0.5) is 0 Å². The molecule has 0 aromatic heterocycles. The zero-order valence-electron chi connectivity index (χ0n) is 17.5. The summed E-state index contributed by atoms with van der Waals surface area (Å²) in [6, 6.07) is 9.13. The summed E-state index contributed by atoms with van der Waals surface area (Å²) in [6.07, 6.45) is 18.2. The van der Waals surface area contributed by atoms with Crippen molar-refractivity contribution in [2.75, 3.05) is 27.2 Å². The van der Waals surface area contributed by atoms with Crippen LogP contribution in [0.3, 0.4) is 0 Å². The molecule has 2 heteroatoms. The second-order valence-corrected chi connectivity index (χ2v) is 8.87. The maximum atomic E-state index is 5.04. The van der Waals surface area contributed by atoms with E-state index < -0.39 is 0 Å². The van der Waals surface area contributed by atoms with Crippen molar-refractivity contribution in [3.63, 3.8) is 0 Å². The summed E-state index contributed by atoms with van der Waals surface area (Å²) in [5, 5.41) is 0. The van der Waals surface area contributed by atoms with E-state index in [4.69, 9.17) is 4.99 Å². The second-order valence-electron chi connectivity index (χ2n) is 8.87. The van der Waals surface area contributed by atoms with Gasteiger partial charge >= 0.3 is 0 Å². The Balaban J connectivity index is 1.47. The SMILES string of the molecule is CN(C)CCCc1cccc(CC2=CC=CC3C2=NCC3(C)C2=CCC=C2)c1. The predicted molar refractivity (Wildman–Crippen MR) is 120 cm³/mol. The third-order valence-corrected chi connectivity index (χ3v) is 6.38. The first-order valence-corrected chi connectivity index (χ1v) is 10.6. The molecule has 1 aromatic carbocycles. The summed E-state index contributed by atoms with van der Waals surface area (Å²) in [4.78, 5) is 7.30. The fourth-order valence-electron chi connectivity index (χ4n) is 4.74. The molecule has 0 N–H and O–H groups in total.